The number of amides is 1. The third-order valence-electron chi connectivity index (χ3n) is 4.12. The Hall–Kier alpha value is -3.09. The van der Waals surface area contributed by atoms with Crippen molar-refractivity contribution < 1.29 is 9.53 Å². The van der Waals surface area contributed by atoms with E-state index in [4.69, 9.17) is 4.74 Å². The van der Waals surface area contributed by atoms with Gasteiger partial charge in [-0.2, -0.15) is 0 Å². The molecular formula is C17H17N5O2. The van der Waals surface area contributed by atoms with Crippen LogP contribution in [0.1, 0.15) is 0 Å². The van der Waals surface area contributed by atoms with Gasteiger partial charge in [0.1, 0.15) is 23.5 Å². The van der Waals surface area contributed by atoms with Crippen molar-refractivity contribution in [2.75, 3.05) is 31.1 Å². The second-order valence-electron chi connectivity index (χ2n) is 5.59. The van der Waals surface area contributed by atoms with Gasteiger partial charge in [0.2, 0.25) is 0 Å². The minimum Gasteiger partial charge on any atom is -0.410 e. The van der Waals surface area contributed by atoms with E-state index < -0.39 is 0 Å². The number of carbonyl (C=O) groups is 1. The van der Waals surface area contributed by atoms with Gasteiger partial charge in [0.05, 0.1) is 5.39 Å². The van der Waals surface area contributed by atoms with Crippen LogP contribution in [0.4, 0.5) is 10.6 Å². The van der Waals surface area contributed by atoms with Crippen LogP contribution in [0, 0.1) is 0 Å². The summed E-state index contributed by atoms with van der Waals surface area (Å²) in [4.78, 5) is 27.8. The number of benzene rings is 1. The largest absolute Gasteiger partial charge is 0.415 e. The van der Waals surface area contributed by atoms with Crippen LogP contribution in [0.15, 0.2) is 48.9 Å². The van der Waals surface area contributed by atoms with Gasteiger partial charge in [0.15, 0.2) is 0 Å². The van der Waals surface area contributed by atoms with Crippen molar-refractivity contribution in [3.63, 3.8) is 0 Å². The summed E-state index contributed by atoms with van der Waals surface area (Å²) in [5.74, 6) is 1.46. The van der Waals surface area contributed by atoms with Gasteiger partial charge in [-0.05, 0) is 18.2 Å². The maximum absolute atomic E-state index is 12.2. The molecule has 0 radical (unpaired) electrons. The lowest BCUT2D eigenvalue weighted by Crippen LogP contribution is -2.49. The standard InChI is InChI=1S/C17H17N5O2/c23-17(24-13-4-2-1-3-5-13)22-10-8-21(9-11-22)16-14-6-7-18-15(14)19-12-20-16/h1-7,12H,8-11H2,(H,18,19,20). The Bertz CT molecular complexity index is 840. The van der Waals surface area contributed by atoms with E-state index in [0.29, 0.717) is 31.9 Å². The summed E-state index contributed by atoms with van der Waals surface area (Å²) in [5.41, 5.74) is 0.825. The second-order valence-corrected chi connectivity index (χ2v) is 5.59. The van der Waals surface area contributed by atoms with Crippen LogP contribution in [0.25, 0.3) is 11.0 Å². The number of hydrogen-bond acceptors (Lipinski definition) is 5. The first kappa shape index (κ1) is 14.5. The molecule has 0 saturated carbocycles. The first-order valence-electron chi connectivity index (χ1n) is 7.86. The maximum atomic E-state index is 12.2. The minimum atomic E-state index is -0.310. The lowest BCUT2D eigenvalue weighted by atomic mass is 10.3. The number of H-pyrrole nitrogens is 1. The van der Waals surface area contributed by atoms with E-state index in [1.54, 1.807) is 23.4 Å². The van der Waals surface area contributed by atoms with Crippen LogP contribution in [0.2, 0.25) is 0 Å². The Morgan fingerprint density at radius 1 is 1.04 bits per heavy atom. The van der Waals surface area contributed by atoms with Crippen LogP contribution < -0.4 is 9.64 Å². The van der Waals surface area contributed by atoms with Gasteiger partial charge in [-0.25, -0.2) is 14.8 Å². The predicted octanol–water partition coefficient (Wildman–Crippen LogP) is 2.28. The van der Waals surface area contributed by atoms with Gasteiger partial charge in [-0.3, -0.25) is 0 Å². The molecule has 0 bridgehead atoms. The van der Waals surface area contributed by atoms with Crippen molar-refractivity contribution in [2.24, 2.45) is 0 Å². The summed E-state index contributed by atoms with van der Waals surface area (Å²) < 4.78 is 5.39. The molecule has 3 heterocycles. The van der Waals surface area contributed by atoms with E-state index in [2.05, 4.69) is 19.9 Å². The monoisotopic (exact) mass is 323 g/mol. The van der Waals surface area contributed by atoms with Crippen molar-refractivity contribution in [2.45, 2.75) is 0 Å². The molecule has 7 heteroatoms. The van der Waals surface area contributed by atoms with E-state index >= 15 is 0 Å². The molecule has 4 rings (SSSR count). The molecule has 1 aliphatic heterocycles. The van der Waals surface area contributed by atoms with Crippen LogP contribution >= 0.6 is 0 Å². The zero-order valence-electron chi connectivity index (χ0n) is 13.1. The summed E-state index contributed by atoms with van der Waals surface area (Å²) in [5, 5.41) is 0.998. The summed E-state index contributed by atoms with van der Waals surface area (Å²) in [7, 11) is 0. The molecule has 7 nitrogen and oxygen atoms in total. The number of carbonyl (C=O) groups excluding carboxylic acids is 1. The number of nitrogens with zero attached hydrogens (tertiary/aromatic N) is 4. The number of piperazine rings is 1. The van der Waals surface area contributed by atoms with E-state index in [1.807, 2.05) is 30.5 Å². The van der Waals surface area contributed by atoms with Crippen LogP contribution in [0.5, 0.6) is 5.75 Å². The highest BCUT2D eigenvalue weighted by molar-refractivity contribution is 5.87. The van der Waals surface area contributed by atoms with Gasteiger partial charge in [-0.1, -0.05) is 18.2 Å². The molecule has 24 heavy (non-hydrogen) atoms. The van der Waals surface area contributed by atoms with Crippen molar-refractivity contribution >= 4 is 22.9 Å². The highest BCUT2D eigenvalue weighted by Crippen LogP contribution is 2.23. The molecule has 122 valence electrons. The molecule has 1 fully saturated rings. The highest BCUT2D eigenvalue weighted by atomic mass is 16.6. The third kappa shape index (κ3) is 2.76. The normalized spacial score (nSPS) is 14.8. The average Bonchev–Trinajstić information content (AvgIpc) is 3.11. The summed E-state index contributed by atoms with van der Waals surface area (Å²) in [6, 6.07) is 11.1. The van der Waals surface area contributed by atoms with Gasteiger partial charge in [-0.15, -0.1) is 0 Å². The molecular weight excluding hydrogens is 306 g/mol. The van der Waals surface area contributed by atoms with Crippen molar-refractivity contribution in [1.82, 2.24) is 19.9 Å². The fourth-order valence-electron chi connectivity index (χ4n) is 2.87. The number of anilines is 1. The quantitative estimate of drug-likeness (QED) is 0.783. The molecule has 0 unspecified atom stereocenters. The number of hydrogen-bond donors (Lipinski definition) is 1. The maximum Gasteiger partial charge on any atom is 0.415 e. The Morgan fingerprint density at radius 3 is 2.62 bits per heavy atom. The summed E-state index contributed by atoms with van der Waals surface area (Å²) in [6.45, 7) is 2.62. The van der Waals surface area contributed by atoms with Crippen LogP contribution in [-0.2, 0) is 0 Å². The van der Waals surface area contributed by atoms with Gasteiger partial charge >= 0.3 is 6.09 Å². The molecule has 0 spiro atoms. The molecule has 2 aromatic heterocycles. The number of nitrogens with one attached hydrogen (secondary N) is 1. The molecule has 1 amide bonds. The third-order valence-corrected chi connectivity index (χ3v) is 4.12. The Morgan fingerprint density at radius 2 is 1.83 bits per heavy atom. The number of aromatic nitrogens is 3. The lowest BCUT2D eigenvalue weighted by molar-refractivity contribution is 0.149. The average molecular weight is 323 g/mol. The zero-order chi connectivity index (χ0) is 16.4. The fraction of sp³-hybridized carbons (Fsp3) is 0.235. The number of ether oxygens (including phenoxy) is 1. The van der Waals surface area contributed by atoms with E-state index in [0.717, 1.165) is 16.9 Å². The number of fused-ring (bicyclic) bond motifs is 1. The molecule has 1 aliphatic rings. The number of aromatic amines is 1. The second kappa shape index (κ2) is 6.19. The molecule has 0 atom stereocenters. The van der Waals surface area contributed by atoms with Crippen LogP contribution in [0.3, 0.4) is 0 Å². The molecule has 0 aliphatic carbocycles. The Balaban J connectivity index is 1.41. The Labute approximate surface area is 138 Å². The van der Waals surface area contributed by atoms with Crippen molar-refractivity contribution in [3.05, 3.63) is 48.9 Å². The van der Waals surface area contributed by atoms with Crippen molar-refractivity contribution in [1.29, 1.82) is 0 Å². The number of rotatable bonds is 2. The topological polar surface area (TPSA) is 74.3 Å². The minimum absolute atomic E-state index is 0.310. The first-order valence-corrected chi connectivity index (χ1v) is 7.86. The summed E-state index contributed by atoms with van der Waals surface area (Å²) in [6.07, 6.45) is 3.11. The first-order chi connectivity index (χ1) is 11.8. The van der Waals surface area contributed by atoms with E-state index in [1.165, 1.54) is 0 Å². The Kier molecular flexibility index (Phi) is 3.74. The smallest absolute Gasteiger partial charge is 0.410 e. The SMILES string of the molecule is O=C(Oc1ccccc1)N1CCN(c2ncnc3[nH]ccc23)CC1. The van der Waals surface area contributed by atoms with Gasteiger partial charge in [0.25, 0.3) is 0 Å². The van der Waals surface area contributed by atoms with E-state index in [9.17, 15) is 4.79 Å². The lowest BCUT2D eigenvalue weighted by Gasteiger charge is -2.34. The summed E-state index contributed by atoms with van der Waals surface area (Å²) >= 11 is 0. The van der Waals surface area contributed by atoms with Crippen LogP contribution in [-0.4, -0.2) is 52.1 Å². The molecule has 1 N–H and O–H groups in total. The number of para-hydroxylation sites is 1. The van der Waals surface area contributed by atoms with Gasteiger partial charge < -0.3 is 19.5 Å². The van der Waals surface area contributed by atoms with Crippen molar-refractivity contribution in [3.8, 4) is 5.75 Å². The van der Waals surface area contributed by atoms with E-state index in [-0.39, 0.29) is 6.09 Å². The molecule has 1 aromatic carbocycles. The molecule has 3 aromatic rings. The van der Waals surface area contributed by atoms with Gasteiger partial charge in [0, 0.05) is 32.4 Å². The fourth-order valence-corrected chi connectivity index (χ4v) is 2.87. The zero-order valence-corrected chi connectivity index (χ0v) is 13.1. The molecule has 1 saturated heterocycles. The predicted molar refractivity (Wildman–Crippen MR) is 90.1 cm³/mol. The highest BCUT2D eigenvalue weighted by Gasteiger charge is 2.24.